The summed E-state index contributed by atoms with van der Waals surface area (Å²) in [5, 5.41) is 0.498. The maximum absolute atomic E-state index is 12.3. The highest BCUT2D eigenvalue weighted by Gasteiger charge is 2.12. The average molecular weight is 493 g/mol. The molecule has 1 aromatic heterocycles. The molecule has 33 heavy (non-hydrogen) atoms. The Labute approximate surface area is 202 Å². The second-order valence-corrected chi connectivity index (χ2v) is 9.99. The molecule has 8 heteroatoms. The first-order chi connectivity index (χ1) is 15.9. The van der Waals surface area contributed by atoms with E-state index in [1.165, 1.54) is 17.7 Å². The number of nitrogens with zero attached hydrogens (tertiary/aromatic N) is 1. The van der Waals surface area contributed by atoms with Crippen LogP contribution in [0.5, 0.6) is 0 Å². The minimum Gasteiger partial charge on any atom is -0.463 e. The third kappa shape index (κ3) is 11.0. The maximum Gasteiger partial charge on any atom is 0.330 e. The summed E-state index contributed by atoms with van der Waals surface area (Å²) >= 11 is 5.81. The van der Waals surface area contributed by atoms with Crippen molar-refractivity contribution in [1.29, 1.82) is 0 Å². The fourth-order valence-electron chi connectivity index (χ4n) is 3.40. The zero-order chi connectivity index (χ0) is 23.9. The number of aromatic nitrogens is 1. The average Bonchev–Trinajstić information content (AvgIpc) is 2.80. The molecule has 0 saturated heterocycles. The van der Waals surface area contributed by atoms with Crippen molar-refractivity contribution in [3.63, 3.8) is 0 Å². The molecule has 1 heterocycles. The van der Waals surface area contributed by atoms with Gasteiger partial charge in [-0.05, 0) is 87.8 Å². The van der Waals surface area contributed by atoms with E-state index in [4.69, 9.17) is 16.3 Å². The van der Waals surface area contributed by atoms with Crippen molar-refractivity contribution < 1.29 is 17.9 Å². The molecular weight excluding hydrogens is 460 g/mol. The number of carbonyl (C=O) groups is 1. The summed E-state index contributed by atoms with van der Waals surface area (Å²) in [5.74, 6) is -0.296. The van der Waals surface area contributed by atoms with Crippen molar-refractivity contribution in [3.05, 3.63) is 71.0 Å². The lowest BCUT2D eigenvalue weighted by Crippen LogP contribution is -2.24. The Kier molecular flexibility index (Phi) is 12.1. The molecule has 0 radical (unpaired) electrons. The molecule has 0 saturated carbocycles. The first-order valence-corrected chi connectivity index (χ1v) is 13.3. The third-order valence-electron chi connectivity index (χ3n) is 5.14. The molecule has 0 fully saturated rings. The van der Waals surface area contributed by atoms with Crippen LogP contribution in [0.1, 0.15) is 57.4 Å². The van der Waals surface area contributed by atoms with Gasteiger partial charge in [0.15, 0.2) is 0 Å². The lowest BCUT2D eigenvalue weighted by Gasteiger charge is -2.09. The quantitative estimate of drug-likeness (QED) is 0.202. The first-order valence-electron chi connectivity index (χ1n) is 11.4. The molecular formula is C25H33ClN2O4S. The Balaban J connectivity index is 1.72. The predicted octanol–water partition coefficient (Wildman–Crippen LogP) is 5.48. The summed E-state index contributed by atoms with van der Waals surface area (Å²) in [6, 6.07) is 10.1. The van der Waals surface area contributed by atoms with Gasteiger partial charge in [-0.3, -0.25) is 4.98 Å². The SMILES string of the molecule is CCOC(=O)C=C(CCCCCNS(=O)(=O)c1ccc(Cl)cc1)CCCCc1cccnc1. The standard InChI is InChI=1S/C25H33ClN2O4S/c1-2-32-25(29)19-21(10-5-6-11-22-12-8-17-27-20-22)9-4-3-7-18-28-33(30,31)24-15-13-23(26)14-16-24/h8,12-17,19-20,28H,2-7,9-11,18H2,1H3. The topological polar surface area (TPSA) is 85.4 Å². The summed E-state index contributed by atoms with van der Waals surface area (Å²) in [6.07, 6.45) is 12.4. The fourth-order valence-corrected chi connectivity index (χ4v) is 4.60. The van der Waals surface area contributed by atoms with E-state index >= 15 is 0 Å². The van der Waals surface area contributed by atoms with Crippen LogP contribution in [-0.2, 0) is 26.0 Å². The van der Waals surface area contributed by atoms with Gasteiger partial charge in [-0.1, -0.05) is 29.7 Å². The number of unbranched alkanes of at least 4 members (excludes halogenated alkanes) is 3. The summed E-state index contributed by atoms with van der Waals surface area (Å²) in [5.41, 5.74) is 2.30. The normalized spacial score (nSPS) is 12.0. The Bertz CT molecular complexity index is 977. The maximum atomic E-state index is 12.3. The number of carbonyl (C=O) groups excluding carboxylic acids is 1. The van der Waals surface area contributed by atoms with Crippen LogP contribution in [0.15, 0.2) is 65.3 Å². The van der Waals surface area contributed by atoms with E-state index in [1.54, 1.807) is 31.3 Å². The highest BCUT2D eigenvalue weighted by atomic mass is 35.5. The Morgan fingerprint density at radius 1 is 1.06 bits per heavy atom. The lowest BCUT2D eigenvalue weighted by atomic mass is 9.99. The number of aryl methyl sites for hydroxylation is 1. The number of pyridine rings is 1. The van der Waals surface area contributed by atoms with Gasteiger partial charge in [0.05, 0.1) is 11.5 Å². The smallest absolute Gasteiger partial charge is 0.330 e. The number of rotatable bonds is 15. The zero-order valence-corrected chi connectivity index (χ0v) is 20.7. The number of benzene rings is 1. The largest absolute Gasteiger partial charge is 0.463 e. The van der Waals surface area contributed by atoms with Gasteiger partial charge in [0.2, 0.25) is 10.0 Å². The van der Waals surface area contributed by atoms with Crippen molar-refractivity contribution in [1.82, 2.24) is 9.71 Å². The van der Waals surface area contributed by atoms with E-state index in [9.17, 15) is 13.2 Å². The van der Waals surface area contributed by atoms with E-state index < -0.39 is 10.0 Å². The number of allylic oxidation sites excluding steroid dienone is 1. The summed E-state index contributed by atoms with van der Waals surface area (Å²) in [6.45, 7) is 2.52. The molecule has 2 rings (SSSR count). The van der Waals surface area contributed by atoms with E-state index in [0.29, 0.717) is 18.2 Å². The molecule has 0 aliphatic rings. The number of halogens is 1. The Morgan fingerprint density at radius 2 is 1.79 bits per heavy atom. The van der Waals surface area contributed by atoms with E-state index in [2.05, 4.69) is 15.8 Å². The van der Waals surface area contributed by atoms with Crippen LogP contribution in [0.2, 0.25) is 5.02 Å². The molecule has 0 unspecified atom stereocenters. The monoisotopic (exact) mass is 492 g/mol. The summed E-state index contributed by atoms with van der Waals surface area (Å²) < 4.78 is 32.3. The number of ether oxygens (including phenoxy) is 1. The highest BCUT2D eigenvalue weighted by molar-refractivity contribution is 7.89. The van der Waals surface area contributed by atoms with Crippen molar-refractivity contribution in [2.24, 2.45) is 0 Å². The lowest BCUT2D eigenvalue weighted by molar-refractivity contribution is -0.137. The molecule has 0 atom stereocenters. The second kappa shape index (κ2) is 14.8. The molecule has 1 N–H and O–H groups in total. The summed E-state index contributed by atoms with van der Waals surface area (Å²) in [4.78, 5) is 16.3. The van der Waals surface area contributed by atoms with Gasteiger partial charge < -0.3 is 4.74 Å². The van der Waals surface area contributed by atoms with E-state index in [-0.39, 0.29) is 10.9 Å². The van der Waals surface area contributed by atoms with Gasteiger partial charge in [-0.2, -0.15) is 0 Å². The van der Waals surface area contributed by atoms with Crippen LogP contribution in [0.4, 0.5) is 0 Å². The number of hydrogen-bond donors (Lipinski definition) is 1. The Hall–Kier alpha value is -2.22. The highest BCUT2D eigenvalue weighted by Crippen LogP contribution is 2.18. The molecule has 1 aromatic carbocycles. The van der Waals surface area contributed by atoms with E-state index in [1.807, 2.05) is 12.3 Å². The van der Waals surface area contributed by atoms with Gasteiger partial charge in [-0.25, -0.2) is 17.9 Å². The summed E-state index contributed by atoms with van der Waals surface area (Å²) in [7, 11) is -3.53. The predicted molar refractivity (Wildman–Crippen MR) is 132 cm³/mol. The Morgan fingerprint density at radius 3 is 2.45 bits per heavy atom. The minimum atomic E-state index is -3.53. The van der Waals surface area contributed by atoms with Gasteiger partial charge in [0, 0.05) is 30.0 Å². The van der Waals surface area contributed by atoms with Crippen LogP contribution in [0.25, 0.3) is 0 Å². The van der Waals surface area contributed by atoms with Gasteiger partial charge >= 0.3 is 5.97 Å². The molecule has 6 nitrogen and oxygen atoms in total. The van der Waals surface area contributed by atoms with Crippen LogP contribution < -0.4 is 4.72 Å². The minimum absolute atomic E-state index is 0.206. The van der Waals surface area contributed by atoms with Crippen LogP contribution in [-0.4, -0.2) is 32.5 Å². The second-order valence-electron chi connectivity index (χ2n) is 7.79. The molecule has 180 valence electrons. The van der Waals surface area contributed by atoms with Crippen molar-refractivity contribution in [2.75, 3.05) is 13.2 Å². The number of nitrogens with one attached hydrogen (secondary N) is 1. The fraction of sp³-hybridized carbons (Fsp3) is 0.440. The van der Waals surface area contributed by atoms with Gasteiger partial charge in [0.1, 0.15) is 0 Å². The van der Waals surface area contributed by atoms with Crippen LogP contribution in [0, 0.1) is 0 Å². The van der Waals surface area contributed by atoms with E-state index in [0.717, 1.165) is 56.9 Å². The van der Waals surface area contributed by atoms with Crippen molar-refractivity contribution >= 4 is 27.6 Å². The molecule has 0 aliphatic heterocycles. The third-order valence-corrected chi connectivity index (χ3v) is 6.86. The molecule has 2 aromatic rings. The molecule has 0 spiro atoms. The van der Waals surface area contributed by atoms with Gasteiger partial charge in [-0.15, -0.1) is 0 Å². The molecule has 0 bridgehead atoms. The van der Waals surface area contributed by atoms with Crippen LogP contribution in [0.3, 0.4) is 0 Å². The van der Waals surface area contributed by atoms with Gasteiger partial charge in [0.25, 0.3) is 0 Å². The zero-order valence-electron chi connectivity index (χ0n) is 19.1. The number of sulfonamides is 1. The van der Waals surface area contributed by atoms with Crippen molar-refractivity contribution in [2.45, 2.75) is 63.2 Å². The molecule has 0 aliphatic carbocycles. The number of hydrogen-bond acceptors (Lipinski definition) is 5. The van der Waals surface area contributed by atoms with Crippen molar-refractivity contribution in [3.8, 4) is 0 Å². The number of esters is 1. The van der Waals surface area contributed by atoms with Crippen LogP contribution >= 0.6 is 11.6 Å². The first kappa shape index (κ1) is 27.0. The molecule has 0 amide bonds.